The molecule has 0 bridgehead atoms. The van der Waals surface area contributed by atoms with Crippen molar-refractivity contribution in [1.29, 1.82) is 5.26 Å². The van der Waals surface area contributed by atoms with Crippen LogP contribution in [-0.4, -0.2) is 11.7 Å². The first-order chi connectivity index (χ1) is 4.31. The Morgan fingerprint density at radius 2 is 2.22 bits per heavy atom. The van der Waals surface area contributed by atoms with Crippen molar-refractivity contribution in [2.45, 2.75) is 26.2 Å². The highest BCUT2D eigenvalue weighted by Gasteiger charge is 1.96. The molecule has 0 amide bonds. The Hall–Kier alpha value is -0.550. The molecule has 0 spiro atoms. The number of rotatable bonds is 4. The zero-order valence-corrected chi connectivity index (χ0v) is 5.80. The summed E-state index contributed by atoms with van der Waals surface area (Å²) in [5, 5.41) is 16.7. The predicted octanol–water partition coefficient (Wildman–Crippen LogP) is 1.31. The average molecular weight is 127 g/mol. The zero-order valence-electron chi connectivity index (χ0n) is 5.80. The maximum Gasteiger partial charge on any atom is 0.0652 e. The molecule has 2 heteroatoms. The Bertz CT molecular complexity index is 95.6. The fraction of sp³-hybridized carbons (Fsp3) is 0.857. The molecular weight excluding hydrogens is 114 g/mol. The molecule has 2 nitrogen and oxygen atoms in total. The van der Waals surface area contributed by atoms with Gasteiger partial charge >= 0.3 is 0 Å². The lowest BCUT2D eigenvalue weighted by Gasteiger charge is -1.98. The van der Waals surface area contributed by atoms with E-state index in [1.165, 1.54) is 0 Å². The first-order valence-corrected chi connectivity index (χ1v) is 3.31. The van der Waals surface area contributed by atoms with Gasteiger partial charge in [-0.3, -0.25) is 0 Å². The van der Waals surface area contributed by atoms with E-state index in [1.54, 1.807) is 0 Å². The molecule has 0 aliphatic heterocycles. The highest BCUT2D eigenvalue weighted by molar-refractivity contribution is 4.77. The lowest BCUT2D eigenvalue weighted by atomic mass is 10.1. The topological polar surface area (TPSA) is 44.0 Å². The second-order valence-corrected chi connectivity index (χ2v) is 2.25. The lowest BCUT2D eigenvalue weighted by molar-refractivity contribution is 0.281. The number of hydrogen-bond acceptors (Lipinski definition) is 2. The minimum atomic E-state index is 0.150. The summed E-state index contributed by atoms with van der Waals surface area (Å²) in [6.07, 6.45) is 2.70. The zero-order chi connectivity index (χ0) is 7.11. The van der Waals surface area contributed by atoms with E-state index < -0.39 is 0 Å². The first kappa shape index (κ1) is 8.45. The number of nitriles is 1. The summed E-state index contributed by atoms with van der Waals surface area (Å²) in [5.41, 5.74) is 0. The van der Waals surface area contributed by atoms with Gasteiger partial charge in [0.1, 0.15) is 0 Å². The number of aliphatic hydroxyl groups is 1. The van der Waals surface area contributed by atoms with Crippen LogP contribution in [0.15, 0.2) is 0 Å². The highest BCUT2D eigenvalue weighted by atomic mass is 16.2. The third-order valence-electron chi connectivity index (χ3n) is 1.27. The molecule has 1 N–H and O–H groups in total. The van der Waals surface area contributed by atoms with Crippen LogP contribution < -0.4 is 0 Å². The monoisotopic (exact) mass is 127 g/mol. The van der Waals surface area contributed by atoms with Crippen molar-refractivity contribution in [3.63, 3.8) is 0 Å². The molecule has 0 aromatic heterocycles. The Balaban J connectivity index is 2.99. The molecule has 0 aromatic carbocycles. The van der Waals surface area contributed by atoms with E-state index in [1.807, 2.05) is 6.92 Å². The maximum absolute atomic E-state index is 8.37. The van der Waals surface area contributed by atoms with E-state index in [0.717, 1.165) is 19.3 Å². The quantitative estimate of drug-likeness (QED) is 0.578. The van der Waals surface area contributed by atoms with Crippen molar-refractivity contribution < 1.29 is 5.11 Å². The number of nitrogens with zero attached hydrogens (tertiary/aromatic N) is 1. The second-order valence-electron chi connectivity index (χ2n) is 2.25. The maximum atomic E-state index is 8.37. The summed E-state index contributed by atoms with van der Waals surface area (Å²) in [6, 6.07) is 2.14. The van der Waals surface area contributed by atoms with E-state index >= 15 is 0 Å². The average Bonchev–Trinajstić information content (AvgIpc) is 1.89. The van der Waals surface area contributed by atoms with Crippen LogP contribution in [0.3, 0.4) is 0 Å². The molecule has 0 aromatic rings. The minimum Gasteiger partial charge on any atom is -0.396 e. The van der Waals surface area contributed by atoms with Gasteiger partial charge in [0.15, 0.2) is 0 Å². The molecule has 0 aliphatic carbocycles. The third kappa shape index (κ3) is 5.32. The smallest absolute Gasteiger partial charge is 0.0652 e. The fourth-order valence-corrected chi connectivity index (χ4v) is 0.627. The summed E-state index contributed by atoms with van der Waals surface area (Å²) < 4.78 is 0. The molecule has 1 atom stereocenters. The largest absolute Gasteiger partial charge is 0.396 e. The van der Waals surface area contributed by atoms with Crippen molar-refractivity contribution in [2.75, 3.05) is 6.61 Å². The van der Waals surface area contributed by atoms with Crippen molar-refractivity contribution >= 4 is 0 Å². The predicted molar refractivity (Wildman–Crippen MR) is 35.7 cm³/mol. The summed E-state index contributed by atoms with van der Waals surface area (Å²) in [7, 11) is 0. The van der Waals surface area contributed by atoms with Crippen LogP contribution in [0.4, 0.5) is 0 Å². The van der Waals surface area contributed by atoms with Gasteiger partial charge in [-0.15, -0.1) is 0 Å². The summed E-state index contributed by atoms with van der Waals surface area (Å²) >= 11 is 0. The molecular formula is C7H13NO. The van der Waals surface area contributed by atoms with E-state index in [4.69, 9.17) is 10.4 Å². The minimum absolute atomic E-state index is 0.150. The number of aliphatic hydroxyl groups excluding tert-OH is 1. The van der Waals surface area contributed by atoms with Gasteiger partial charge in [-0.1, -0.05) is 0 Å². The lowest BCUT2D eigenvalue weighted by Crippen LogP contribution is -1.90. The van der Waals surface area contributed by atoms with Crippen LogP contribution in [0.25, 0.3) is 0 Å². The van der Waals surface area contributed by atoms with E-state index in [9.17, 15) is 0 Å². The molecule has 0 saturated carbocycles. The van der Waals surface area contributed by atoms with Crippen LogP contribution in [0, 0.1) is 17.2 Å². The third-order valence-corrected chi connectivity index (χ3v) is 1.27. The van der Waals surface area contributed by atoms with E-state index in [-0.39, 0.29) is 12.5 Å². The van der Waals surface area contributed by atoms with Crippen molar-refractivity contribution in [3.05, 3.63) is 0 Å². The van der Waals surface area contributed by atoms with Gasteiger partial charge in [0, 0.05) is 12.5 Å². The van der Waals surface area contributed by atoms with Crippen LogP contribution in [0.1, 0.15) is 26.2 Å². The molecule has 52 valence electrons. The van der Waals surface area contributed by atoms with E-state index in [2.05, 4.69) is 6.07 Å². The van der Waals surface area contributed by atoms with Gasteiger partial charge in [-0.05, 0) is 26.2 Å². The summed E-state index contributed by atoms with van der Waals surface area (Å²) in [6.45, 7) is 2.15. The fourth-order valence-electron chi connectivity index (χ4n) is 0.627. The SMILES string of the molecule is CC(C#N)CCCCO. The van der Waals surface area contributed by atoms with Crippen LogP contribution >= 0.6 is 0 Å². The van der Waals surface area contributed by atoms with Gasteiger partial charge < -0.3 is 5.11 Å². The molecule has 0 heterocycles. The second kappa shape index (κ2) is 5.58. The van der Waals surface area contributed by atoms with Crippen molar-refractivity contribution in [2.24, 2.45) is 5.92 Å². The van der Waals surface area contributed by atoms with Gasteiger partial charge in [0.2, 0.25) is 0 Å². The molecule has 1 unspecified atom stereocenters. The Morgan fingerprint density at radius 1 is 1.56 bits per heavy atom. The van der Waals surface area contributed by atoms with Gasteiger partial charge in [0.25, 0.3) is 0 Å². The molecule has 0 rings (SSSR count). The first-order valence-electron chi connectivity index (χ1n) is 3.31. The Morgan fingerprint density at radius 3 is 2.67 bits per heavy atom. The number of hydrogen-bond donors (Lipinski definition) is 1. The Kier molecular flexibility index (Phi) is 5.24. The van der Waals surface area contributed by atoms with Crippen molar-refractivity contribution in [1.82, 2.24) is 0 Å². The number of unbranched alkanes of at least 4 members (excludes halogenated alkanes) is 1. The Labute approximate surface area is 56.1 Å². The molecule has 0 radical (unpaired) electrons. The van der Waals surface area contributed by atoms with E-state index in [0.29, 0.717) is 0 Å². The van der Waals surface area contributed by atoms with Crippen LogP contribution in [-0.2, 0) is 0 Å². The van der Waals surface area contributed by atoms with Crippen LogP contribution in [0.2, 0.25) is 0 Å². The molecule has 0 aliphatic rings. The van der Waals surface area contributed by atoms with Crippen molar-refractivity contribution in [3.8, 4) is 6.07 Å². The van der Waals surface area contributed by atoms with Gasteiger partial charge in [0.05, 0.1) is 6.07 Å². The molecule has 0 fully saturated rings. The standard InChI is InChI=1S/C7H13NO/c1-7(6-8)4-2-3-5-9/h7,9H,2-5H2,1H3. The van der Waals surface area contributed by atoms with Gasteiger partial charge in [-0.25, -0.2) is 0 Å². The van der Waals surface area contributed by atoms with Gasteiger partial charge in [-0.2, -0.15) is 5.26 Å². The molecule has 9 heavy (non-hydrogen) atoms. The molecule has 0 saturated heterocycles. The normalized spacial score (nSPS) is 12.6. The summed E-state index contributed by atoms with van der Waals surface area (Å²) in [5.74, 6) is 0.150. The summed E-state index contributed by atoms with van der Waals surface area (Å²) in [4.78, 5) is 0. The highest BCUT2D eigenvalue weighted by Crippen LogP contribution is 2.04. The van der Waals surface area contributed by atoms with Crippen LogP contribution in [0.5, 0.6) is 0 Å².